The fourth-order valence-corrected chi connectivity index (χ4v) is 3.59. The molecule has 2 aliphatic rings. The fraction of sp³-hybridized carbons (Fsp3) is 0.167. The van der Waals surface area contributed by atoms with Crippen LogP contribution in [-0.4, -0.2) is 24.8 Å². The largest absolute Gasteiger partial charge is 0.493 e. The van der Waals surface area contributed by atoms with E-state index in [2.05, 4.69) is 0 Å². The molecule has 140 valence electrons. The van der Waals surface area contributed by atoms with Gasteiger partial charge in [0.25, 0.3) is 0 Å². The molecular formula is C24H20O4. The lowest BCUT2D eigenvalue weighted by Crippen LogP contribution is -2.18. The number of hydrogen-bond donors (Lipinski definition) is 0. The van der Waals surface area contributed by atoms with Gasteiger partial charge in [0.1, 0.15) is 11.5 Å². The van der Waals surface area contributed by atoms with Gasteiger partial charge in [-0.1, -0.05) is 36.4 Å². The van der Waals surface area contributed by atoms with Gasteiger partial charge in [-0.25, -0.2) is 0 Å². The third kappa shape index (κ3) is 2.87. The van der Waals surface area contributed by atoms with Crippen molar-refractivity contribution in [2.24, 2.45) is 0 Å². The van der Waals surface area contributed by atoms with Crippen molar-refractivity contribution in [2.75, 3.05) is 13.2 Å². The van der Waals surface area contributed by atoms with Crippen LogP contribution in [0.3, 0.4) is 0 Å². The Labute approximate surface area is 163 Å². The number of ether oxygens (including phenoxy) is 2. The van der Waals surface area contributed by atoms with Crippen LogP contribution in [0.4, 0.5) is 0 Å². The van der Waals surface area contributed by atoms with Crippen LogP contribution in [0.25, 0.3) is 11.8 Å². The Hall–Kier alpha value is -3.40. The van der Waals surface area contributed by atoms with Crippen LogP contribution < -0.4 is 4.74 Å². The zero-order chi connectivity index (χ0) is 19.7. The maximum absolute atomic E-state index is 13.2. The molecule has 4 rings (SSSR count). The van der Waals surface area contributed by atoms with Gasteiger partial charge < -0.3 is 9.47 Å². The lowest BCUT2D eigenvalue weighted by Gasteiger charge is -2.22. The highest BCUT2D eigenvalue weighted by Crippen LogP contribution is 2.36. The van der Waals surface area contributed by atoms with Crippen molar-refractivity contribution in [3.05, 3.63) is 88.0 Å². The molecule has 0 amide bonds. The molecule has 0 saturated carbocycles. The van der Waals surface area contributed by atoms with Crippen molar-refractivity contribution in [3.63, 3.8) is 0 Å². The first kappa shape index (κ1) is 18.0. The molecule has 0 fully saturated rings. The van der Waals surface area contributed by atoms with Crippen LogP contribution >= 0.6 is 0 Å². The Morgan fingerprint density at radius 3 is 2.14 bits per heavy atom. The number of fused-ring (bicyclic) bond motifs is 2. The number of hydrogen-bond acceptors (Lipinski definition) is 4. The van der Waals surface area contributed by atoms with E-state index in [1.54, 1.807) is 30.4 Å². The van der Waals surface area contributed by atoms with Gasteiger partial charge in [-0.3, -0.25) is 9.59 Å². The van der Waals surface area contributed by atoms with Crippen molar-refractivity contribution in [1.82, 2.24) is 0 Å². The molecule has 0 radical (unpaired) electrons. The first-order chi connectivity index (χ1) is 13.7. The smallest absolute Gasteiger partial charge is 0.194 e. The molecule has 0 atom stereocenters. The minimum absolute atomic E-state index is 0.170. The van der Waals surface area contributed by atoms with E-state index in [1.807, 2.05) is 44.2 Å². The maximum atomic E-state index is 13.2. The molecule has 2 aromatic rings. The highest BCUT2D eigenvalue weighted by Gasteiger charge is 2.30. The summed E-state index contributed by atoms with van der Waals surface area (Å²) >= 11 is 0. The second-order valence-electron chi connectivity index (χ2n) is 6.46. The molecule has 4 nitrogen and oxygen atoms in total. The van der Waals surface area contributed by atoms with Gasteiger partial charge in [0.05, 0.1) is 13.2 Å². The number of ketones is 2. The number of Topliss-reactive ketones (excluding diaryl/α,β-unsaturated/α-hetero) is 2. The van der Waals surface area contributed by atoms with E-state index in [1.165, 1.54) is 0 Å². The standard InChI is InChI=1S/C24H20O4/c1-3-27-21-11-7-10-18-16(21)12-13-19(23(18)25)20-14-22(28-4-2)15-8-5-6-9-17(15)24(20)26/h5-14H,3-4H2,1-2H3. The summed E-state index contributed by atoms with van der Waals surface area (Å²) in [5, 5.41) is 0. The Morgan fingerprint density at radius 1 is 0.714 bits per heavy atom. The van der Waals surface area contributed by atoms with E-state index in [-0.39, 0.29) is 11.6 Å². The molecule has 28 heavy (non-hydrogen) atoms. The minimum atomic E-state index is -0.186. The van der Waals surface area contributed by atoms with Crippen molar-refractivity contribution < 1.29 is 19.1 Å². The van der Waals surface area contributed by atoms with Crippen LogP contribution in [0.5, 0.6) is 5.75 Å². The predicted molar refractivity (Wildman–Crippen MR) is 108 cm³/mol. The fourth-order valence-electron chi connectivity index (χ4n) is 3.59. The van der Waals surface area contributed by atoms with Crippen molar-refractivity contribution in [2.45, 2.75) is 13.8 Å². The summed E-state index contributed by atoms with van der Waals surface area (Å²) in [4.78, 5) is 26.3. The summed E-state index contributed by atoms with van der Waals surface area (Å²) in [5.41, 5.74) is 3.31. The number of rotatable bonds is 4. The van der Waals surface area contributed by atoms with Crippen LogP contribution in [-0.2, 0) is 4.74 Å². The zero-order valence-corrected chi connectivity index (χ0v) is 15.8. The Kier molecular flexibility index (Phi) is 4.70. The van der Waals surface area contributed by atoms with Crippen molar-refractivity contribution >= 4 is 23.4 Å². The molecule has 0 bridgehead atoms. The molecule has 0 heterocycles. The van der Waals surface area contributed by atoms with Gasteiger partial charge in [-0.2, -0.15) is 0 Å². The van der Waals surface area contributed by atoms with E-state index in [9.17, 15) is 9.59 Å². The maximum Gasteiger partial charge on any atom is 0.194 e. The van der Waals surface area contributed by atoms with Gasteiger partial charge in [0.2, 0.25) is 0 Å². The molecule has 0 spiro atoms. The normalized spacial score (nSPS) is 17.7. The Balaban J connectivity index is 1.87. The minimum Gasteiger partial charge on any atom is -0.493 e. The van der Waals surface area contributed by atoms with Crippen LogP contribution in [0.15, 0.2) is 65.8 Å². The van der Waals surface area contributed by atoms with E-state index in [4.69, 9.17) is 9.47 Å². The number of allylic oxidation sites excluding steroid dienone is 4. The van der Waals surface area contributed by atoms with Crippen LogP contribution in [0.2, 0.25) is 0 Å². The molecule has 0 aliphatic heterocycles. The van der Waals surface area contributed by atoms with Gasteiger partial charge >= 0.3 is 0 Å². The highest BCUT2D eigenvalue weighted by molar-refractivity contribution is 6.25. The third-order valence-corrected chi connectivity index (χ3v) is 4.82. The third-order valence-electron chi connectivity index (χ3n) is 4.82. The molecule has 0 unspecified atom stereocenters. The average molecular weight is 372 g/mol. The second-order valence-corrected chi connectivity index (χ2v) is 6.46. The first-order valence-electron chi connectivity index (χ1n) is 9.37. The summed E-state index contributed by atoms with van der Waals surface area (Å²) in [6, 6.07) is 12.7. The van der Waals surface area contributed by atoms with Crippen molar-refractivity contribution in [1.29, 1.82) is 0 Å². The Morgan fingerprint density at radius 2 is 1.39 bits per heavy atom. The van der Waals surface area contributed by atoms with E-state index >= 15 is 0 Å². The predicted octanol–water partition coefficient (Wildman–Crippen LogP) is 4.87. The Bertz CT molecular complexity index is 1070. The lowest BCUT2D eigenvalue weighted by atomic mass is 9.83. The highest BCUT2D eigenvalue weighted by atomic mass is 16.5. The molecule has 4 heteroatoms. The van der Waals surface area contributed by atoms with Gasteiger partial charge in [-0.05, 0) is 38.1 Å². The molecule has 2 aromatic carbocycles. The summed E-state index contributed by atoms with van der Waals surface area (Å²) in [6.07, 6.45) is 5.23. The molecule has 0 saturated heterocycles. The number of benzene rings is 2. The summed E-state index contributed by atoms with van der Waals surface area (Å²) in [7, 11) is 0. The van der Waals surface area contributed by atoms with Gasteiger partial charge in [0, 0.05) is 33.4 Å². The monoisotopic (exact) mass is 372 g/mol. The zero-order valence-electron chi connectivity index (χ0n) is 15.8. The number of carbonyl (C=O) groups excluding carboxylic acids is 2. The SMILES string of the molecule is CCOC1=CC(=C2C=Cc3c(OCC)cccc3C2=O)C(=O)c2ccccc21. The summed E-state index contributed by atoms with van der Waals surface area (Å²) in [6.45, 7) is 4.78. The lowest BCUT2D eigenvalue weighted by molar-refractivity contribution is 0.100. The average Bonchev–Trinajstić information content (AvgIpc) is 2.72. The van der Waals surface area contributed by atoms with E-state index in [0.717, 1.165) is 11.1 Å². The quantitative estimate of drug-likeness (QED) is 0.719. The van der Waals surface area contributed by atoms with E-state index in [0.29, 0.717) is 47.0 Å². The number of carbonyl (C=O) groups is 2. The van der Waals surface area contributed by atoms with Crippen LogP contribution in [0, 0.1) is 0 Å². The first-order valence-corrected chi connectivity index (χ1v) is 9.37. The van der Waals surface area contributed by atoms with Gasteiger partial charge in [0.15, 0.2) is 11.6 Å². The summed E-state index contributed by atoms with van der Waals surface area (Å²) in [5.74, 6) is 0.917. The van der Waals surface area contributed by atoms with Gasteiger partial charge in [-0.15, -0.1) is 0 Å². The second kappa shape index (κ2) is 7.31. The summed E-state index contributed by atoms with van der Waals surface area (Å²) < 4.78 is 11.4. The van der Waals surface area contributed by atoms with E-state index < -0.39 is 0 Å². The van der Waals surface area contributed by atoms with Crippen molar-refractivity contribution in [3.8, 4) is 5.75 Å². The molecule has 0 N–H and O–H groups in total. The van der Waals surface area contributed by atoms with Crippen LogP contribution in [0.1, 0.15) is 45.7 Å². The molecular weight excluding hydrogens is 352 g/mol. The molecule has 0 aromatic heterocycles. The topological polar surface area (TPSA) is 52.6 Å². The molecule has 2 aliphatic carbocycles.